The standard InChI is InChI=1S/C22H19ClN4O2/c1-14-8-9-15(2)18(11-14)24-20(28)13-27-10-4-7-19(27)22-25-21(26-29-22)16-5-3-6-17(23)12-16/h3-12H,13H2,1-2H3,(H,24,28). The monoisotopic (exact) mass is 406 g/mol. The van der Waals surface area contributed by atoms with Crippen molar-refractivity contribution in [2.45, 2.75) is 20.4 Å². The highest BCUT2D eigenvalue weighted by Gasteiger charge is 2.16. The average molecular weight is 407 g/mol. The molecule has 0 spiro atoms. The van der Waals surface area contributed by atoms with E-state index in [1.807, 2.05) is 56.3 Å². The van der Waals surface area contributed by atoms with Gasteiger partial charge in [-0.05, 0) is 55.3 Å². The molecule has 0 aliphatic rings. The Balaban J connectivity index is 1.53. The third-order valence-corrected chi connectivity index (χ3v) is 4.77. The van der Waals surface area contributed by atoms with Crippen LogP contribution in [0.5, 0.6) is 0 Å². The van der Waals surface area contributed by atoms with Gasteiger partial charge in [0.25, 0.3) is 5.89 Å². The van der Waals surface area contributed by atoms with E-state index in [0.717, 1.165) is 22.4 Å². The molecular weight excluding hydrogens is 388 g/mol. The number of aromatic nitrogens is 3. The summed E-state index contributed by atoms with van der Waals surface area (Å²) in [6.07, 6.45) is 1.81. The van der Waals surface area contributed by atoms with E-state index in [2.05, 4.69) is 15.5 Å². The second-order valence-electron chi connectivity index (χ2n) is 6.82. The van der Waals surface area contributed by atoms with Gasteiger partial charge in [0.05, 0.1) is 0 Å². The van der Waals surface area contributed by atoms with Crippen molar-refractivity contribution in [1.82, 2.24) is 14.7 Å². The van der Waals surface area contributed by atoms with Gasteiger partial charge in [-0.2, -0.15) is 4.98 Å². The summed E-state index contributed by atoms with van der Waals surface area (Å²) in [7, 11) is 0. The van der Waals surface area contributed by atoms with E-state index in [-0.39, 0.29) is 12.5 Å². The van der Waals surface area contributed by atoms with Crippen LogP contribution in [0, 0.1) is 13.8 Å². The Hall–Kier alpha value is -3.38. The van der Waals surface area contributed by atoms with Crippen LogP contribution in [0.25, 0.3) is 23.0 Å². The van der Waals surface area contributed by atoms with Gasteiger partial charge in [0.1, 0.15) is 12.2 Å². The van der Waals surface area contributed by atoms with Crippen LogP contribution in [-0.2, 0) is 11.3 Å². The molecule has 2 aromatic heterocycles. The molecule has 2 heterocycles. The van der Waals surface area contributed by atoms with Gasteiger partial charge in [0.2, 0.25) is 11.7 Å². The summed E-state index contributed by atoms with van der Waals surface area (Å²) in [5.74, 6) is 0.644. The SMILES string of the molecule is Cc1ccc(C)c(NC(=O)Cn2cccc2-c2nc(-c3cccc(Cl)c3)no2)c1. The number of nitrogens with zero attached hydrogens (tertiary/aromatic N) is 3. The molecule has 29 heavy (non-hydrogen) atoms. The minimum atomic E-state index is -0.134. The number of amides is 1. The number of hydrogen-bond donors (Lipinski definition) is 1. The fraction of sp³-hybridized carbons (Fsp3) is 0.136. The highest BCUT2D eigenvalue weighted by atomic mass is 35.5. The van der Waals surface area contributed by atoms with Gasteiger partial charge in [0, 0.05) is 22.5 Å². The van der Waals surface area contributed by atoms with Gasteiger partial charge in [0.15, 0.2) is 0 Å². The molecule has 1 N–H and O–H groups in total. The summed E-state index contributed by atoms with van der Waals surface area (Å²) in [4.78, 5) is 17.0. The summed E-state index contributed by atoms with van der Waals surface area (Å²) in [6, 6.07) is 16.9. The van der Waals surface area contributed by atoms with Crippen molar-refractivity contribution in [3.63, 3.8) is 0 Å². The van der Waals surface area contributed by atoms with E-state index in [9.17, 15) is 4.79 Å². The zero-order chi connectivity index (χ0) is 20.4. The third-order valence-electron chi connectivity index (χ3n) is 4.54. The average Bonchev–Trinajstić information content (AvgIpc) is 3.34. The molecule has 6 nitrogen and oxygen atoms in total. The molecule has 4 rings (SSSR count). The third kappa shape index (κ3) is 4.22. The quantitative estimate of drug-likeness (QED) is 0.499. The molecule has 0 bridgehead atoms. The fourth-order valence-corrected chi connectivity index (χ4v) is 3.22. The molecule has 0 saturated carbocycles. The molecule has 0 radical (unpaired) electrons. The lowest BCUT2D eigenvalue weighted by molar-refractivity contribution is -0.116. The first-order valence-electron chi connectivity index (χ1n) is 9.12. The normalized spacial score (nSPS) is 10.9. The molecule has 0 aliphatic carbocycles. The number of aryl methyl sites for hydroxylation is 2. The van der Waals surface area contributed by atoms with Crippen LogP contribution in [0.15, 0.2) is 65.3 Å². The van der Waals surface area contributed by atoms with Crippen LogP contribution in [0.2, 0.25) is 5.02 Å². The second-order valence-corrected chi connectivity index (χ2v) is 7.26. The lowest BCUT2D eigenvalue weighted by Crippen LogP contribution is -2.19. The zero-order valence-electron chi connectivity index (χ0n) is 16.0. The molecule has 0 saturated heterocycles. The highest BCUT2D eigenvalue weighted by Crippen LogP contribution is 2.25. The topological polar surface area (TPSA) is 73.0 Å². The number of carbonyl (C=O) groups excluding carboxylic acids is 1. The largest absolute Gasteiger partial charge is 0.334 e. The lowest BCUT2D eigenvalue weighted by Gasteiger charge is -2.11. The molecule has 4 aromatic rings. The van der Waals surface area contributed by atoms with Gasteiger partial charge in [-0.1, -0.05) is 41.0 Å². The summed E-state index contributed by atoms with van der Waals surface area (Å²) >= 11 is 6.04. The van der Waals surface area contributed by atoms with E-state index in [1.165, 1.54) is 0 Å². The summed E-state index contributed by atoms with van der Waals surface area (Å²) in [6.45, 7) is 4.09. The van der Waals surface area contributed by atoms with E-state index < -0.39 is 0 Å². The molecule has 7 heteroatoms. The number of halogens is 1. The zero-order valence-corrected chi connectivity index (χ0v) is 16.8. The van der Waals surface area contributed by atoms with Crippen LogP contribution >= 0.6 is 11.6 Å². The Bertz CT molecular complexity index is 1180. The van der Waals surface area contributed by atoms with Crippen LogP contribution < -0.4 is 5.32 Å². The lowest BCUT2D eigenvalue weighted by atomic mass is 10.1. The number of nitrogens with one attached hydrogen (secondary N) is 1. The molecule has 0 fully saturated rings. The maximum absolute atomic E-state index is 12.6. The van der Waals surface area contributed by atoms with Gasteiger partial charge < -0.3 is 14.4 Å². The molecular formula is C22H19ClN4O2. The van der Waals surface area contributed by atoms with E-state index in [4.69, 9.17) is 16.1 Å². The fourth-order valence-electron chi connectivity index (χ4n) is 3.03. The predicted octanol–water partition coefficient (Wildman–Crippen LogP) is 5.11. The molecule has 2 aromatic carbocycles. The van der Waals surface area contributed by atoms with E-state index in [1.54, 1.807) is 22.9 Å². The second kappa shape index (κ2) is 7.93. The smallest absolute Gasteiger partial charge is 0.274 e. The van der Waals surface area contributed by atoms with Crippen molar-refractivity contribution >= 4 is 23.2 Å². The first-order chi connectivity index (χ1) is 14.0. The Labute approximate surface area is 173 Å². The van der Waals surface area contributed by atoms with Gasteiger partial charge >= 0.3 is 0 Å². The first-order valence-corrected chi connectivity index (χ1v) is 9.49. The number of benzene rings is 2. The van der Waals surface area contributed by atoms with Crippen LogP contribution in [0.3, 0.4) is 0 Å². The van der Waals surface area contributed by atoms with Crippen LogP contribution in [0.4, 0.5) is 5.69 Å². The van der Waals surface area contributed by atoms with Crippen molar-refractivity contribution < 1.29 is 9.32 Å². The van der Waals surface area contributed by atoms with Crippen molar-refractivity contribution in [3.05, 3.63) is 76.9 Å². The number of carbonyl (C=O) groups is 1. The van der Waals surface area contributed by atoms with Gasteiger partial charge in [-0.15, -0.1) is 0 Å². The maximum atomic E-state index is 12.6. The molecule has 0 unspecified atom stereocenters. The van der Waals surface area contributed by atoms with Crippen LogP contribution in [0.1, 0.15) is 11.1 Å². The molecule has 1 amide bonds. The molecule has 146 valence electrons. The van der Waals surface area contributed by atoms with Crippen molar-refractivity contribution in [1.29, 1.82) is 0 Å². The molecule has 0 atom stereocenters. The highest BCUT2D eigenvalue weighted by molar-refractivity contribution is 6.30. The van der Waals surface area contributed by atoms with Crippen LogP contribution in [-0.4, -0.2) is 20.6 Å². The summed E-state index contributed by atoms with van der Waals surface area (Å²) < 4.78 is 7.20. The number of rotatable bonds is 5. The van der Waals surface area contributed by atoms with Crippen molar-refractivity contribution in [2.24, 2.45) is 0 Å². The predicted molar refractivity (Wildman–Crippen MR) is 113 cm³/mol. The first kappa shape index (κ1) is 19.0. The number of anilines is 1. The van der Waals surface area contributed by atoms with E-state index >= 15 is 0 Å². The van der Waals surface area contributed by atoms with Gasteiger partial charge in [-0.3, -0.25) is 4.79 Å². The maximum Gasteiger partial charge on any atom is 0.274 e. The molecule has 0 aliphatic heterocycles. The Morgan fingerprint density at radius 2 is 2.00 bits per heavy atom. The van der Waals surface area contributed by atoms with E-state index in [0.29, 0.717) is 22.4 Å². The van der Waals surface area contributed by atoms with Crippen molar-refractivity contribution in [3.8, 4) is 23.0 Å². The Morgan fingerprint density at radius 3 is 2.83 bits per heavy atom. The van der Waals surface area contributed by atoms with Crippen molar-refractivity contribution in [2.75, 3.05) is 5.32 Å². The Kier molecular flexibility index (Phi) is 5.18. The number of hydrogen-bond acceptors (Lipinski definition) is 4. The van der Waals surface area contributed by atoms with Gasteiger partial charge in [-0.25, -0.2) is 0 Å². The minimum absolute atomic E-state index is 0.130. The summed E-state index contributed by atoms with van der Waals surface area (Å²) in [5, 5.41) is 7.60. The Morgan fingerprint density at radius 1 is 1.14 bits per heavy atom. The minimum Gasteiger partial charge on any atom is -0.334 e. The summed E-state index contributed by atoms with van der Waals surface area (Å²) in [5.41, 5.74) is 4.34.